The van der Waals surface area contributed by atoms with Crippen LogP contribution < -0.4 is 5.32 Å². The van der Waals surface area contributed by atoms with Crippen molar-refractivity contribution in [2.45, 2.75) is 255 Å². The fourth-order valence-corrected chi connectivity index (χ4v) is 16.1. The molecule has 3 saturated carbocycles. The van der Waals surface area contributed by atoms with Crippen LogP contribution in [-0.4, -0.2) is 212 Å². The van der Waals surface area contributed by atoms with E-state index < -0.39 is 142 Å². The van der Waals surface area contributed by atoms with Gasteiger partial charge in [0.25, 0.3) is 5.91 Å². The van der Waals surface area contributed by atoms with Crippen LogP contribution in [0.3, 0.4) is 0 Å². The summed E-state index contributed by atoms with van der Waals surface area (Å²) in [4.78, 5) is 45.3. The predicted octanol–water partition coefficient (Wildman–Crippen LogP) is 3.88. The van der Waals surface area contributed by atoms with Gasteiger partial charge in [0.1, 0.15) is 35.6 Å². The fraction of sp³-hybridized carbons (Fsp3) is 0.883. The molecule has 1 amide bonds. The lowest BCUT2D eigenvalue weighted by molar-refractivity contribution is -0.318. The highest BCUT2D eigenvalue weighted by molar-refractivity contribution is 6.01. The lowest BCUT2D eigenvalue weighted by Gasteiger charge is -2.62. The molecule has 25 atom stereocenters. The zero-order chi connectivity index (χ0) is 59.6. The van der Waals surface area contributed by atoms with E-state index in [9.17, 15) is 50.1 Å². The van der Waals surface area contributed by atoms with Gasteiger partial charge in [0.2, 0.25) is 0 Å². The van der Waals surface area contributed by atoms with Crippen LogP contribution in [0.25, 0.3) is 0 Å². The largest absolute Gasteiger partial charge is 0.459 e. The van der Waals surface area contributed by atoms with E-state index in [-0.39, 0.29) is 75.6 Å². The number of cyclic esters (lactones) is 1. The Morgan fingerprint density at radius 1 is 0.912 bits per heavy atom. The van der Waals surface area contributed by atoms with Crippen LogP contribution in [-0.2, 0) is 42.8 Å². The number of methoxy groups -OCH3 is 1. The van der Waals surface area contributed by atoms with Gasteiger partial charge in [-0.15, -0.1) is 0 Å². The van der Waals surface area contributed by atoms with Gasteiger partial charge in [0.15, 0.2) is 24.0 Å². The number of nitrogens with zero attached hydrogens (tertiary/aromatic N) is 2. The minimum absolute atomic E-state index is 0.0652. The molecule has 20 heteroatoms. The van der Waals surface area contributed by atoms with Gasteiger partial charge in [0, 0.05) is 67.9 Å². The Hall–Kier alpha value is -2.54. The highest BCUT2D eigenvalue weighted by Gasteiger charge is 2.74. The second-order valence-electron chi connectivity index (χ2n) is 27.0. The van der Waals surface area contributed by atoms with E-state index in [4.69, 9.17) is 28.4 Å². The summed E-state index contributed by atoms with van der Waals surface area (Å²) in [5, 5.41) is 87.9. The molecule has 0 spiro atoms. The molecule has 2 unspecified atom stereocenters. The summed E-state index contributed by atoms with van der Waals surface area (Å²) in [6, 6.07) is -1.16. The minimum atomic E-state index is -2.11. The van der Waals surface area contributed by atoms with Gasteiger partial charge >= 0.3 is 5.97 Å². The van der Waals surface area contributed by atoms with Gasteiger partial charge in [0.05, 0.1) is 47.6 Å². The summed E-state index contributed by atoms with van der Waals surface area (Å²) < 4.78 is 56.0. The first-order valence-electron chi connectivity index (χ1n) is 29.7. The zero-order valence-corrected chi connectivity index (χ0v) is 50.4. The molecule has 8 N–H and O–H groups in total. The summed E-state index contributed by atoms with van der Waals surface area (Å²) in [5.41, 5.74) is -10.6. The second kappa shape index (κ2) is 24.1. The van der Waals surface area contributed by atoms with Gasteiger partial charge in [-0.2, -0.15) is 0 Å². The van der Waals surface area contributed by atoms with E-state index in [0.717, 1.165) is 0 Å². The number of halogens is 1. The van der Waals surface area contributed by atoms with E-state index in [0.29, 0.717) is 37.7 Å². The monoisotopic (exact) mass is 1140 g/mol. The molecule has 80 heavy (non-hydrogen) atoms. The van der Waals surface area contributed by atoms with Crippen molar-refractivity contribution >= 4 is 17.7 Å². The number of ketones is 1. The van der Waals surface area contributed by atoms with Crippen molar-refractivity contribution in [2.24, 2.45) is 40.4 Å². The quantitative estimate of drug-likeness (QED) is 0.102. The molecule has 3 aliphatic heterocycles. The van der Waals surface area contributed by atoms with Crippen molar-refractivity contribution in [1.82, 2.24) is 15.1 Å². The van der Waals surface area contributed by atoms with Gasteiger partial charge < -0.3 is 74.4 Å². The average Bonchev–Trinajstić information content (AvgIpc) is 2.56. The number of ether oxygens (including phenoxy) is 6. The third-order valence-electron chi connectivity index (χ3n) is 21.1. The van der Waals surface area contributed by atoms with Crippen molar-refractivity contribution in [1.29, 1.82) is 0 Å². The number of fused-ring (bicyclic) bond motifs is 5. The van der Waals surface area contributed by atoms with E-state index in [1.165, 1.54) is 26.2 Å². The Labute approximate surface area is 474 Å². The molecule has 3 heterocycles. The molecule has 0 radical (unpaired) electrons. The van der Waals surface area contributed by atoms with Crippen molar-refractivity contribution in [2.75, 3.05) is 40.8 Å². The Bertz CT molecular complexity index is 2270. The normalized spacial score (nSPS) is 49.9. The van der Waals surface area contributed by atoms with Crippen LogP contribution in [0.5, 0.6) is 0 Å². The lowest BCUT2D eigenvalue weighted by Crippen LogP contribution is -2.69. The molecule has 458 valence electrons. The van der Waals surface area contributed by atoms with Crippen molar-refractivity contribution in [3.63, 3.8) is 0 Å². The summed E-state index contributed by atoms with van der Waals surface area (Å²) in [5.74, 6) is -5.08. The minimum Gasteiger partial charge on any atom is -0.459 e. The number of nitrogens with one attached hydrogen (secondary N) is 1. The van der Waals surface area contributed by atoms with Crippen LogP contribution in [0.15, 0.2) is 23.8 Å². The molecule has 0 aromatic carbocycles. The Kier molecular flexibility index (Phi) is 19.6. The standard InChI is InChI=1S/C60H100FN3O16/c1-16-44-58(12,73)48(68)36(6)64(25-17-24-62-53(71)59(74)23-21-40-41-19-18-38-27-39(65)20-22-54(38,8)60(41,61)43(66)29-55(40,59)9)31-32(2)28-56(10,72)50(80-52-46(67)42(63(13)14)26-33(3)76-52)34(4)47(35(5)51(70)78-44)79-45-30-57(11,75-15)49(69)37(7)77-45/h20,22,27,32-37,40-50,52,66-69,72-74H,16-19,21,23-26,28-31H2,1-15H3,(H,62,71)/t32-,33-,34+,35-,36-,37+,40?,41?,42-,43+,44-,45-,46-,47+,48-,49-,50-,52+,54+,55+,56-,57+,58-,59+,60+/m1/s1. The van der Waals surface area contributed by atoms with Crippen LogP contribution >= 0.6 is 0 Å². The number of carbonyl (C=O) groups is 3. The third kappa shape index (κ3) is 11.7. The molecule has 19 nitrogen and oxygen atoms in total. The van der Waals surface area contributed by atoms with E-state index in [2.05, 4.69) is 5.32 Å². The smallest absolute Gasteiger partial charge is 0.311 e. The SMILES string of the molecule is CC[C@H]1OC(=O)[C@H](C)[C@@H](O[C@@H]2C[C@](C)(OC)[C@H](O)[C@H](C)O2)[C@H](C)[C@@H](O[C@@H]2O[C@H](C)C[C@@H](N(C)C)[C@H]2O)[C@](C)(O)C[C@@H](C)CN(CCCNC(=O)[C@@]2(O)CCC3C4CCC5=CC(=O)C=C[C@]5(C)[C@@]4(F)[C@@H](O)C[C@@]32C)[C@H](C)[C@@H](O)[C@]1(C)O. The number of aliphatic hydroxyl groups excluding tert-OH is 4. The molecule has 7 rings (SSSR count). The summed E-state index contributed by atoms with van der Waals surface area (Å²) in [6.45, 7) is 21.3. The van der Waals surface area contributed by atoms with Gasteiger partial charge in [-0.25, -0.2) is 4.39 Å². The van der Waals surface area contributed by atoms with Crippen molar-refractivity contribution < 1.29 is 82.9 Å². The number of amides is 1. The molecule has 0 aromatic rings. The number of rotatable bonds is 12. The molecular weight excluding hydrogens is 1040 g/mol. The number of esters is 1. The van der Waals surface area contributed by atoms with E-state index in [1.54, 1.807) is 68.4 Å². The maximum absolute atomic E-state index is 17.8. The number of aliphatic hydroxyl groups is 7. The first-order chi connectivity index (χ1) is 37.1. The van der Waals surface area contributed by atoms with E-state index in [1.807, 2.05) is 37.7 Å². The topological polar surface area (TPSA) is 267 Å². The molecule has 6 fully saturated rings. The molecule has 4 aliphatic carbocycles. The maximum Gasteiger partial charge on any atom is 0.311 e. The van der Waals surface area contributed by atoms with Crippen LogP contribution in [0.4, 0.5) is 4.39 Å². The summed E-state index contributed by atoms with van der Waals surface area (Å²) in [7, 11) is 5.20. The average molecular weight is 1140 g/mol. The van der Waals surface area contributed by atoms with Crippen molar-refractivity contribution in [3.05, 3.63) is 23.8 Å². The number of hydrogen-bond acceptors (Lipinski definition) is 18. The Morgan fingerprint density at radius 2 is 1.59 bits per heavy atom. The third-order valence-corrected chi connectivity index (χ3v) is 21.1. The summed E-state index contributed by atoms with van der Waals surface area (Å²) in [6.07, 6.45) is -5.49. The van der Waals surface area contributed by atoms with E-state index >= 15 is 4.39 Å². The highest BCUT2D eigenvalue weighted by Crippen LogP contribution is 2.69. The first-order valence-corrected chi connectivity index (χ1v) is 29.7. The Balaban J connectivity index is 1.15. The van der Waals surface area contributed by atoms with Crippen LogP contribution in [0.1, 0.15) is 147 Å². The molecule has 7 aliphatic rings. The summed E-state index contributed by atoms with van der Waals surface area (Å²) >= 11 is 0. The molecule has 0 bridgehead atoms. The van der Waals surface area contributed by atoms with Gasteiger partial charge in [-0.05, 0) is 151 Å². The number of likely N-dealkylation sites (N-methyl/N-ethyl adjacent to an activating group) is 1. The zero-order valence-electron chi connectivity index (χ0n) is 50.4. The number of hydrogen-bond donors (Lipinski definition) is 8. The Morgan fingerprint density at radius 3 is 2.23 bits per heavy atom. The highest BCUT2D eigenvalue weighted by atomic mass is 19.1. The fourth-order valence-electron chi connectivity index (χ4n) is 16.1. The predicted molar refractivity (Wildman–Crippen MR) is 294 cm³/mol. The van der Waals surface area contributed by atoms with Crippen LogP contribution in [0.2, 0.25) is 0 Å². The maximum atomic E-state index is 17.8. The van der Waals surface area contributed by atoms with Crippen molar-refractivity contribution in [3.8, 4) is 0 Å². The number of alkyl halides is 1. The van der Waals surface area contributed by atoms with Crippen LogP contribution in [0, 0.1) is 40.4 Å². The molecular formula is C60H100FN3O16. The second-order valence-corrected chi connectivity index (χ2v) is 27.0. The number of allylic oxidation sites excluding steroid dienone is 4. The lowest BCUT2D eigenvalue weighted by atomic mass is 9.45. The van der Waals surface area contributed by atoms with Gasteiger partial charge in [-0.1, -0.05) is 39.3 Å². The number of carbonyl (C=O) groups excluding carboxylic acids is 3. The molecule has 3 saturated heterocycles. The molecule has 0 aromatic heterocycles. The van der Waals surface area contributed by atoms with Gasteiger partial charge in [-0.3, -0.25) is 19.3 Å². The first kappa shape index (κ1) is 65.0.